The average molecular weight is 355 g/mol. The molecule has 0 spiro atoms. The minimum absolute atomic E-state index is 0.579. The van der Waals surface area contributed by atoms with Gasteiger partial charge in [-0.05, 0) is 54.3 Å². The molecule has 1 aromatic carbocycles. The molecule has 0 unspecified atom stereocenters. The quantitative estimate of drug-likeness (QED) is 0.528. The SMILES string of the molecule is CCCNCCCCOc1cc(Cl)c(Br)cc1Cl. The van der Waals surface area contributed by atoms with Gasteiger partial charge in [-0.1, -0.05) is 30.1 Å². The van der Waals surface area contributed by atoms with Crippen molar-refractivity contribution in [3.05, 3.63) is 26.7 Å². The third-order valence-corrected chi connectivity index (χ3v) is 3.90. The van der Waals surface area contributed by atoms with E-state index in [-0.39, 0.29) is 0 Å². The van der Waals surface area contributed by atoms with Crippen molar-refractivity contribution < 1.29 is 4.74 Å². The van der Waals surface area contributed by atoms with E-state index in [1.165, 1.54) is 6.42 Å². The Morgan fingerprint density at radius 2 is 1.94 bits per heavy atom. The molecule has 0 aliphatic rings. The first-order valence-electron chi connectivity index (χ1n) is 6.13. The van der Waals surface area contributed by atoms with Crippen molar-refractivity contribution in [1.82, 2.24) is 5.32 Å². The second-order valence-corrected chi connectivity index (χ2v) is 5.67. The van der Waals surface area contributed by atoms with Crippen LogP contribution in [0.1, 0.15) is 26.2 Å². The zero-order valence-electron chi connectivity index (χ0n) is 10.4. The Hall–Kier alpha value is 0.0400. The fraction of sp³-hybridized carbons (Fsp3) is 0.538. The Balaban J connectivity index is 2.25. The van der Waals surface area contributed by atoms with Crippen molar-refractivity contribution in [3.63, 3.8) is 0 Å². The van der Waals surface area contributed by atoms with Gasteiger partial charge in [0.1, 0.15) is 5.75 Å². The van der Waals surface area contributed by atoms with Crippen molar-refractivity contribution >= 4 is 39.1 Å². The monoisotopic (exact) mass is 353 g/mol. The van der Waals surface area contributed by atoms with E-state index < -0.39 is 0 Å². The predicted octanol–water partition coefficient (Wildman–Crippen LogP) is 4.91. The fourth-order valence-electron chi connectivity index (χ4n) is 1.45. The van der Waals surface area contributed by atoms with Gasteiger partial charge in [0.15, 0.2) is 0 Å². The second kappa shape index (κ2) is 9.03. The summed E-state index contributed by atoms with van der Waals surface area (Å²) in [5.74, 6) is 0.645. The standard InChI is InChI=1S/C13H18BrCl2NO/c1-2-5-17-6-3-4-7-18-13-9-11(15)10(14)8-12(13)16/h8-9,17H,2-7H2,1H3. The number of hydrogen-bond acceptors (Lipinski definition) is 2. The molecule has 2 nitrogen and oxygen atoms in total. The van der Waals surface area contributed by atoms with Crippen LogP contribution in [-0.4, -0.2) is 19.7 Å². The molecule has 0 aliphatic carbocycles. The van der Waals surface area contributed by atoms with Crippen LogP contribution < -0.4 is 10.1 Å². The minimum Gasteiger partial charge on any atom is -0.492 e. The van der Waals surface area contributed by atoms with E-state index in [0.717, 1.165) is 30.4 Å². The van der Waals surface area contributed by atoms with Gasteiger partial charge in [-0.2, -0.15) is 0 Å². The topological polar surface area (TPSA) is 21.3 Å². The Morgan fingerprint density at radius 1 is 1.17 bits per heavy atom. The zero-order chi connectivity index (χ0) is 13.4. The van der Waals surface area contributed by atoms with Crippen molar-refractivity contribution in [2.45, 2.75) is 26.2 Å². The highest BCUT2D eigenvalue weighted by molar-refractivity contribution is 9.10. The number of rotatable bonds is 8. The van der Waals surface area contributed by atoms with Crippen LogP contribution in [0.2, 0.25) is 10.0 Å². The highest BCUT2D eigenvalue weighted by Crippen LogP contribution is 2.34. The molecule has 1 rings (SSSR count). The Morgan fingerprint density at radius 3 is 2.67 bits per heavy atom. The number of ether oxygens (including phenoxy) is 1. The van der Waals surface area contributed by atoms with E-state index in [9.17, 15) is 0 Å². The summed E-state index contributed by atoms with van der Waals surface area (Å²) in [4.78, 5) is 0. The number of halogens is 3. The lowest BCUT2D eigenvalue weighted by Crippen LogP contribution is -2.16. The second-order valence-electron chi connectivity index (χ2n) is 4.00. The van der Waals surface area contributed by atoms with Gasteiger partial charge in [0.05, 0.1) is 16.7 Å². The fourth-order valence-corrected chi connectivity index (χ4v) is 2.30. The van der Waals surface area contributed by atoms with Crippen LogP contribution in [0, 0.1) is 0 Å². The van der Waals surface area contributed by atoms with Gasteiger partial charge in [0.2, 0.25) is 0 Å². The summed E-state index contributed by atoms with van der Waals surface area (Å²) in [7, 11) is 0. The molecule has 0 saturated carbocycles. The summed E-state index contributed by atoms with van der Waals surface area (Å²) in [6.07, 6.45) is 3.27. The minimum atomic E-state index is 0.579. The molecule has 1 N–H and O–H groups in total. The first-order chi connectivity index (χ1) is 8.65. The first-order valence-corrected chi connectivity index (χ1v) is 7.68. The molecular formula is C13H18BrCl2NO. The highest BCUT2D eigenvalue weighted by atomic mass is 79.9. The number of hydrogen-bond donors (Lipinski definition) is 1. The average Bonchev–Trinajstić information content (AvgIpc) is 2.34. The summed E-state index contributed by atoms with van der Waals surface area (Å²) in [6, 6.07) is 3.49. The lowest BCUT2D eigenvalue weighted by molar-refractivity contribution is 0.306. The molecule has 0 radical (unpaired) electrons. The maximum absolute atomic E-state index is 6.06. The van der Waals surface area contributed by atoms with Crippen LogP contribution in [0.25, 0.3) is 0 Å². The Bertz CT molecular complexity index is 374. The van der Waals surface area contributed by atoms with Crippen LogP contribution >= 0.6 is 39.1 Å². The molecule has 0 saturated heterocycles. The van der Waals surface area contributed by atoms with Gasteiger partial charge in [-0.3, -0.25) is 0 Å². The lowest BCUT2D eigenvalue weighted by atomic mass is 10.3. The van der Waals surface area contributed by atoms with Crippen LogP contribution in [0.3, 0.4) is 0 Å². The van der Waals surface area contributed by atoms with Crippen molar-refractivity contribution in [1.29, 1.82) is 0 Å². The summed E-state index contributed by atoms with van der Waals surface area (Å²) < 4.78 is 6.40. The van der Waals surface area contributed by atoms with Gasteiger partial charge >= 0.3 is 0 Å². The van der Waals surface area contributed by atoms with Crippen molar-refractivity contribution in [2.75, 3.05) is 19.7 Å². The molecule has 5 heteroatoms. The maximum atomic E-state index is 6.06. The summed E-state index contributed by atoms with van der Waals surface area (Å²) in [5, 5.41) is 4.54. The first kappa shape index (κ1) is 16.1. The summed E-state index contributed by atoms with van der Waals surface area (Å²) in [6.45, 7) is 4.93. The molecule has 0 bridgehead atoms. The molecule has 102 valence electrons. The number of unbranched alkanes of at least 4 members (excludes halogenated alkanes) is 1. The Labute approximate surface area is 127 Å². The molecule has 0 atom stereocenters. The van der Waals surface area contributed by atoms with Gasteiger partial charge in [-0.15, -0.1) is 0 Å². The van der Waals surface area contributed by atoms with E-state index in [0.29, 0.717) is 22.4 Å². The summed E-state index contributed by atoms with van der Waals surface area (Å²) >= 11 is 15.4. The van der Waals surface area contributed by atoms with E-state index in [4.69, 9.17) is 27.9 Å². The Kier molecular flexibility index (Phi) is 8.07. The smallest absolute Gasteiger partial charge is 0.139 e. The molecule has 0 aromatic heterocycles. The number of benzene rings is 1. The van der Waals surface area contributed by atoms with E-state index in [2.05, 4.69) is 28.2 Å². The normalized spacial score (nSPS) is 10.7. The summed E-state index contributed by atoms with van der Waals surface area (Å²) in [5.41, 5.74) is 0. The van der Waals surface area contributed by atoms with Crippen LogP contribution in [0.5, 0.6) is 5.75 Å². The molecule has 1 aromatic rings. The largest absolute Gasteiger partial charge is 0.492 e. The van der Waals surface area contributed by atoms with E-state index in [1.54, 1.807) is 12.1 Å². The molecule has 0 amide bonds. The molecule has 0 aliphatic heterocycles. The molecule has 0 fully saturated rings. The van der Waals surface area contributed by atoms with Gasteiger partial charge < -0.3 is 10.1 Å². The zero-order valence-corrected chi connectivity index (χ0v) is 13.5. The maximum Gasteiger partial charge on any atom is 0.139 e. The van der Waals surface area contributed by atoms with E-state index in [1.807, 2.05) is 0 Å². The van der Waals surface area contributed by atoms with Gasteiger partial charge in [0, 0.05) is 10.5 Å². The third-order valence-electron chi connectivity index (χ3n) is 2.41. The number of nitrogens with one attached hydrogen (secondary N) is 1. The highest BCUT2D eigenvalue weighted by Gasteiger charge is 2.06. The van der Waals surface area contributed by atoms with Gasteiger partial charge in [-0.25, -0.2) is 0 Å². The third kappa shape index (κ3) is 5.79. The predicted molar refractivity (Wildman–Crippen MR) is 82.1 cm³/mol. The van der Waals surface area contributed by atoms with Crippen molar-refractivity contribution in [2.24, 2.45) is 0 Å². The van der Waals surface area contributed by atoms with Crippen LogP contribution in [0.4, 0.5) is 0 Å². The van der Waals surface area contributed by atoms with Crippen LogP contribution in [-0.2, 0) is 0 Å². The van der Waals surface area contributed by atoms with Crippen LogP contribution in [0.15, 0.2) is 16.6 Å². The molecule has 18 heavy (non-hydrogen) atoms. The molecular weight excluding hydrogens is 337 g/mol. The van der Waals surface area contributed by atoms with Crippen molar-refractivity contribution in [3.8, 4) is 5.75 Å². The molecule has 0 heterocycles. The van der Waals surface area contributed by atoms with Gasteiger partial charge in [0.25, 0.3) is 0 Å². The van der Waals surface area contributed by atoms with E-state index >= 15 is 0 Å². The lowest BCUT2D eigenvalue weighted by Gasteiger charge is -2.09.